The first kappa shape index (κ1) is 9.42. The lowest BCUT2D eigenvalue weighted by Gasteiger charge is -2.04. The van der Waals surface area contributed by atoms with Crippen molar-refractivity contribution >= 4 is 5.95 Å². The van der Waals surface area contributed by atoms with Gasteiger partial charge in [-0.1, -0.05) is 0 Å². The van der Waals surface area contributed by atoms with Gasteiger partial charge in [0.05, 0.1) is 12.1 Å². The predicted molar refractivity (Wildman–Crippen MR) is 50.0 cm³/mol. The van der Waals surface area contributed by atoms with Gasteiger partial charge >= 0.3 is 0 Å². The number of nitrogens with one attached hydrogen (secondary N) is 1. The van der Waals surface area contributed by atoms with Gasteiger partial charge in [-0.05, 0) is 11.6 Å². The topological polar surface area (TPSA) is 74.4 Å². The first-order valence-electron chi connectivity index (χ1n) is 4.59. The van der Waals surface area contributed by atoms with E-state index in [0.29, 0.717) is 24.8 Å². The fourth-order valence-electron chi connectivity index (χ4n) is 1.46. The molecule has 2 atom stereocenters. The number of aliphatic hydroxyl groups excluding tert-OH is 1. The fourth-order valence-corrected chi connectivity index (χ4v) is 1.46. The van der Waals surface area contributed by atoms with E-state index in [9.17, 15) is 5.11 Å². The summed E-state index contributed by atoms with van der Waals surface area (Å²) < 4.78 is 5.08. The van der Waals surface area contributed by atoms with E-state index in [1.54, 1.807) is 4.90 Å². The van der Waals surface area contributed by atoms with Crippen molar-refractivity contribution in [2.45, 2.75) is 18.6 Å². The number of anilines is 1. The lowest BCUT2D eigenvalue weighted by molar-refractivity contribution is 0.191. The molecule has 6 heteroatoms. The molecule has 0 bridgehead atoms. The molecule has 1 fully saturated rings. The SMILES string of the molecule is CN(C)c1noc([C@H]2C[C@@H](O)CN2)n1. The van der Waals surface area contributed by atoms with Crippen molar-refractivity contribution < 1.29 is 9.63 Å². The Morgan fingerprint density at radius 3 is 2.86 bits per heavy atom. The van der Waals surface area contributed by atoms with Gasteiger partial charge < -0.3 is 19.8 Å². The van der Waals surface area contributed by atoms with Gasteiger partial charge in [0.15, 0.2) is 0 Å². The van der Waals surface area contributed by atoms with E-state index in [1.165, 1.54) is 0 Å². The maximum Gasteiger partial charge on any atom is 0.265 e. The van der Waals surface area contributed by atoms with Crippen LogP contribution in [0.2, 0.25) is 0 Å². The van der Waals surface area contributed by atoms with Gasteiger partial charge in [0, 0.05) is 20.6 Å². The molecule has 1 saturated heterocycles. The van der Waals surface area contributed by atoms with Crippen LogP contribution >= 0.6 is 0 Å². The van der Waals surface area contributed by atoms with Crippen LogP contribution in [0.5, 0.6) is 0 Å². The van der Waals surface area contributed by atoms with Gasteiger partial charge in [0.2, 0.25) is 5.89 Å². The summed E-state index contributed by atoms with van der Waals surface area (Å²) in [7, 11) is 3.71. The summed E-state index contributed by atoms with van der Waals surface area (Å²) in [6.45, 7) is 0.588. The Hall–Kier alpha value is -1.14. The molecule has 0 spiro atoms. The summed E-state index contributed by atoms with van der Waals surface area (Å²) in [4.78, 5) is 5.98. The molecule has 0 aromatic carbocycles. The third-order valence-electron chi connectivity index (χ3n) is 2.24. The van der Waals surface area contributed by atoms with E-state index >= 15 is 0 Å². The van der Waals surface area contributed by atoms with Crippen molar-refractivity contribution in [1.29, 1.82) is 0 Å². The van der Waals surface area contributed by atoms with Crippen molar-refractivity contribution in [2.75, 3.05) is 25.5 Å². The van der Waals surface area contributed by atoms with Crippen molar-refractivity contribution in [3.63, 3.8) is 0 Å². The van der Waals surface area contributed by atoms with Crippen molar-refractivity contribution in [1.82, 2.24) is 15.5 Å². The number of aromatic nitrogens is 2. The first-order chi connectivity index (χ1) is 6.66. The van der Waals surface area contributed by atoms with Gasteiger partial charge in [-0.15, -0.1) is 0 Å². The Morgan fingerprint density at radius 1 is 1.57 bits per heavy atom. The molecule has 6 nitrogen and oxygen atoms in total. The minimum absolute atomic E-state index is 0.00815. The van der Waals surface area contributed by atoms with Crippen LogP contribution < -0.4 is 10.2 Å². The highest BCUT2D eigenvalue weighted by atomic mass is 16.5. The Kier molecular flexibility index (Phi) is 2.39. The molecule has 0 unspecified atom stereocenters. The monoisotopic (exact) mass is 198 g/mol. The molecule has 2 heterocycles. The van der Waals surface area contributed by atoms with Crippen LogP contribution in [0.1, 0.15) is 18.4 Å². The zero-order valence-corrected chi connectivity index (χ0v) is 8.27. The molecule has 0 saturated carbocycles. The van der Waals surface area contributed by atoms with Crippen LogP contribution in [0.15, 0.2) is 4.52 Å². The second-order valence-electron chi connectivity index (χ2n) is 3.68. The van der Waals surface area contributed by atoms with Crippen LogP contribution in [0.4, 0.5) is 5.95 Å². The van der Waals surface area contributed by atoms with Crippen molar-refractivity contribution in [2.24, 2.45) is 0 Å². The van der Waals surface area contributed by atoms with Crippen molar-refractivity contribution in [3.8, 4) is 0 Å². The summed E-state index contributed by atoms with van der Waals surface area (Å²) in [5, 5.41) is 16.2. The molecule has 1 aliphatic heterocycles. The van der Waals surface area contributed by atoms with Crippen LogP contribution in [0.3, 0.4) is 0 Å². The van der Waals surface area contributed by atoms with E-state index in [2.05, 4.69) is 15.5 Å². The average Bonchev–Trinajstić information content (AvgIpc) is 2.70. The fraction of sp³-hybridized carbons (Fsp3) is 0.750. The average molecular weight is 198 g/mol. The van der Waals surface area contributed by atoms with Crippen LogP contribution in [-0.2, 0) is 0 Å². The molecule has 2 rings (SSSR count). The third-order valence-corrected chi connectivity index (χ3v) is 2.24. The lowest BCUT2D eigenvalue weighted by Crippen LogP contribution is -2.15. The zero-order chi connectivity index (χ0) is 10.1. The first-order valence-corrected chi connectivity index (χ1v) is 4.59. The summed E-state index contributed by atoms with van der Waals surface area (Å²) in [5.74, 6) is 1.11. The highest BCUT2D eigenvalue weighted by Gasteiger charge is 2.28. The van der Waals surface area contributed by atoms with Crippen LogP contribution in [0, 0.1) is 0 Å². The van der Waals surface area contributed by atoms with E-state index < -0.39 is 0 Å². The molecular formula is C8H14N4O2. The third kappa shape index (κ3) is 1.71. The maximum absolute atomic E-state index is 9.31. The largest absolute Gasteiger partial charge is 0.392 e. The Balaban J connectivity index is 2.09. The smallest absolute Gasteiger partial charge is 0.265 e. The number of nitrogens with zero attached hydrogens (tertiary/aromatic N) is 3. The van der Waals surface area contributed by atoms with E-state index in [1.807, 2.05) is 14.1 Å². The summed E-state index contributed by atoms with van der Waals surface area (Å²) in [6, 6.07) is -0.00815. The molecule has 0 amide bonds. The number of aliphatic hydroxyl groups is 1. The molecular weight excluding hydrogens is 184 g/mol. The van der Waals surface area contributed by atoms with Gasteiger partial charge in [0.1, 0.15) is 0 Å². The quantitative estimate of drug-likeness (QED) is 0.669. The number of rotatable bonds is 2. The summed E-state index contributed by atoms with van der Waals surface area (Å²) >= 11 is 0. The summed E-state index contributed by atoms with van der Waals surface area (Å²) in [5.41, 5.74) is 0. The Bertz CT molecular complexity index is 312. The molecule has 1 aliphatic rings. The Morgan fingerprint density at radius 2 is 2.36 bits per heavy atom. The van der Waals surface area contributed by atoms with E-state index in [4.69, 9.17) is 4.52 Å². The number of hydrogen-bond acceptors (Lipinski definition) is 6. The number of hydrogen-bond donors (Lipinski definition) is 2. The maximum atomic E-state index is 9.31. The lowest BCUT2D eigenvalue weighted by atomic mass is 10.2. The molecule has 0 aliphatic carbocycles. The van der Waals surface area contributed by atoms with Crippen molar-refractivity contribution in [3.05, 3.63) is 5.89 Å². The highest BCUT2D eigenvalue weighted by molar-refractivity contribution is 5.24. The second-order valence-corrected chi connectivity index (χ2v) is 3.68. The van der Waals surface area contributed by atoms with Crippen LogP contribution in [-0.4, -0.2) is 42.0 Å². The molecule has 78 valence electrons. The van der Waals surface area contributed by atoms with Gasteiger partial charge in [-0.3, -0.25) is 0 Å². The molecule has 1 aromatic rings. The zero-order valence-electron chi connectivity index (χ0n) is 8.27. The van der Waals surface area contributed by atoms with Gasteiger partial charge in [-0.25, -0.2) is 0 Å². The standard InChI is InChI=1S/C8H14N4O2/c1-12(2)8-10-7(14-11-8)6-3-5(13)4-9-6/h5-6,9,13H,3-4H2,1-2H3/t5-,6-/m1/s1. The van der Waals surface area contributed by atoms with Gasteiger partial charge in [-0.2, -0.15) is 4.98 Å². The Labute approximate surface area is 81.9 Å². The number of β-amino-alcohol motifs (C(OH)–C–C–N with tert-alkyl or cyclic N) is 1. The minimum atomic E-state index is -0.310. The molecule has 0 radical (unpaired) electrons. The van der Waals surface area contributed by atoms with Crippen LogP contribution in [0.25, 0.3) is 0 Å². The summed E-state index contributed by atoms with van der Waals surface area (Å²) in [6.07, 6.45) is 0.324. The molecule has 14 heavy (non-hydrogen) atoms. The van der Waals surface area contributed by atoms with E-state index in [-0.39, 0.29) is 12.1 Å². The second kappa shape index (κ2) is 3.55. The molecule has 2 N–H and O–H groups in total. The van der Waals surface area contributed by atoms with E-state index in [0.717, 1.165) is 0 Å². The molecule has 1 aromatic heterocycles. The normalized spacial score (nSPS) is 26.8. The van der Waals surface area contributed by atoms with Gasteiger partial charge in [0.25, 0.3) is 5.95 Å². The minimum Gasteiger partial charge on any atom is -0.392 e. The predicted octanol–water partition coefficient (Wildman–Crippen LogP) is -0.469. The highest BCUT2D eigenvalue weighted by Crippen LogP contribution is 2.22.